The Hall–Kier alpha value is -1.67. The van der Waals surface area contributed by atoms with Gasteiger partial charge in [-0.1, -0.05) is 6.08 Å². The number of carbonyl (C=O) groups is 1. The molecular weight excluding hydrogens is 304 g/mol. The van der Waals surface area contributed by atoms with Crippen LogP contribution >= 0.6 is 0 Å². The zero-order valence-corrected chi connectivity index (χ0v) is 13.3. The monoisotopic (exact) mass is 324 g/mol. The van der Waals surface area contributed by atoms with Gasteiger partial charge in [0.15, 0.2) is 0 Å². The van der Waals surface area contributed by atoms with Crippen LogP contribution < -0.4 is 5.32 Å². The molecule has 0 aromatic carbocycles. The first kappa shape index (κ1) is 15.2. The maximum atomic E-state index is 12.8. The average Bonchev–Trinajstić information content (AvgIpc) is 3.00. The topological polar surface area (TPSA) is 84.3 Å². The number of nitrogens with zero attached hydrogens (tertiary/aromatic N) is 3. The van der Waals surface area contributed by atoms with E-state index in [1.807, 2.05) is 13.0 Å². The summed E-state index contributed by atoms with van der Waals surface area (Å²) < 4.78 is 28.6. The van der Waals surface area contributed by atoms with Gasteiger partial charge in [-0.15, -0.1) is 0 Å². The fourth-order valence-corrected chi connectivity index (χ4v) is 4.63. The lowest BCUT2D eigenvalue weighted by Gasteiger charge is -2.41. The number of nitrogens with one attached hydrogen (secondary N) is 1. The second-order valence-corrected chi connectivity index (χ2v) is 7.77. The molecule has 0 radical (unpaired) electrons. The van der Waals surface area contributed by atoms with E-state index >= 15 is 0 Å². The number of aryl methyl sites for hydroxylation is 1. The highest BCUT2D eigenvalue weighted by Gasteiger charge is 2.45. The van der Waals surface area contributed by atoms with Crippen LogP contribution in [0.3, 0.4) is 0 Å². The molecule has 1 saturated heterocycles. The molecule has 3 heterocycles. The number of aromatic nitrogens is 2. The standard InChI is InChI=1S/C14H20N4O3S/c1-2-17-10-12(9-16-17)22(20,21)18-8-4-6-14(11-18)5-3-7-15-13(14)19/h3,7,9-10H,2,4-6,8,11H2,1H3,(H,15,19)/t14-/m1/s1. The highest BCUT2D eigenvalue weighted by molar-refractivity contribution is 7.89. The summed E-state index contributed by atoms with van der Waals surface area (Å²) in [6.45, 7) is 3.19. The smallest absolute Gasteiger partial charge is 0.246 e. The van der Waals surface area contributed by atoms with Crippen molar-refractivity contribution in [3.63, 3.8) is 0 Å². The van der Waals surface area contributed by atoms with Gasteiger partial charge >= 0.3 is 0 Å². The molecule has 1 atom stereocenters. The van der Waals surface area contributed by atoms with Gasteiger partial charge in [0.05, 0.1) is 11.6 Å². The maximum absolute atomic E-state index is 12.8. The quantitative estimate of drug-likeness (QED) is 0.887. The number of carbonyl (C=O) groups excluding carboxylic acids is 1. The van der Waals surface area contributed by atoms with Crippen LogP contribution in [0.2, 0.25) is 0 Å². The van der Waals surface area contributed by atoms with Crippen molar-refractivity contribution in [2.24, 2.45) is 5.41 Å². The Kier molecular flexibility index (Phi) is 3.82. The van der Waals surface area contributed by atoms with Crippen molar-refractivity contribution in [1.29, 1.82) is 0 Å². The Morgan fingerprint density at radius 1 is 1.45 bits per heavy atom. The van der Waals surface area contributed by atoms with Crippen LogP contribution in [0.4, 0.5) is 0 Å². The first-order valence-electron chi connectivity index (χ1n) is 7.46. The van der Waals surface area contributed by atoms with Gasteiger partial charge in [-0.05, 0) is 32.4 Å². The van der Waals surface area contributed by atoms with E-state index in [2.05, 4.69) is 10.4 Å². The van der Waals surface area contributed by atoms with Gasteiger partial charge < -0.3 is 5.32 Å². The zero-order chi connectivity index (χ0) is 15.8. The summed E-state index contributed by atoms with van der Waals surface area (Å²) in [7, 11) is -3.60. The van der Waals surface area contributed by atoms with E-state index in [1.165, 1.54) is 16.7 Å². The molecule has 1 spiro atoms. The molecule has 22 heavy (non-hydrogen) atoms. The van der Waals surface area contributed by atoms with Gasteiger partial charge in [-0.2, -0.15) is 9.40 Å². The summed E-state index contributed by atoms with van der Waals surface area (Å²) in [4.78, 5) is 12.4. The molecule has 1 amide bonds. The number of hydrogen-bond donors (Lipinski definition) is 1. The van der Waals surface area contributed by atoms with Crippen molar-refractivity contribution in [1.82, 2.24) is 19.4 Å². The van der Waals surface area contributed by atoms with E-state index in [9.17, 15) is 13.2 Å². The lowest BCUT2D eigenvalue weighted by atomic mass is 9.76. The second-order valence-electron chi connectivity index (χ2n) is 5.83. The van der Waals surface area contributed by atoms with Crippen molar-refractivity contribution < 1.29 is 13.2 Å². The fraction of sp³-hybridized carbons (Fsp3) is 0.571. The molecule has 0 aliphatic carbocycles. The van der Waals surface area contributed by atoms with Gasteiger partial charge in [0.1, 0.15) is 4.90 Å². The summed E-state index contributed by atoms with van der Waals surface area (Å²) in [6.07, 6.45) is 8.42. The largest absolute Gasteiger partial charge is 0.332 e. The van der Waals surface area contributed by atoms with Crippen LogP contribution in [-0.4, -0.2) is 41.5 Å². The summed E-state index contributed by atoms with van der Waals surface area (Å²) in [5.74, 6) is -0.0841. The van der Waals surface area contributed by atoms with Crippen molar-refractivity contribution in [2.45, 2.75) is 37.6 Å². The molecule has 0 saturated carbocycles. The molecule has 2 aliphatic heterocycles. The van der Waals surface area contributed by atoms with E-state index in [-0.39, 0.29) is 17.3 Å². The van der Waals surface area contributed by atoms with Gasteiger partial charge in [-0.25, -0.2) is 8.42 Å². The number of amides is 1. The minimum atomic E-state index is -3.60. The molecule has 3 rings (SSSR count). The van der Waals surface area contributed by atoms with Gasteiger partial charge in [0, 0.05) is 25.8 Å². The molecule has 0 bridgehead atoms. The van der Waals surface area contributed by atoms with Gasteiger partial charge in [-0.3, -0.25) is 9.48 Å². The van der Waals surface area contributed by atoms with Crippen molar-refractivity contribution in [3.05, 3.63) is 24.7 Å². The molecule has 7 nitrogen and oxygen atoms in total. The fourth-order valence-electron chi connectivity index (χ4n) is 3.11. The third kappa shape index (κ3) is 2.46. The minimum Gasteiger partial charge on any atom is -0.332 e. The Labute approximate surface area is 130 Å². The number of allylic oxidation sites excluding steroid dienone is 1. The first-order chi connectivity index (χ1) is 10.5. The van der Waals surface area contributed by atoms with Gasteiger partial charge in [0.2, 0.25) is 15.9 Å². The predicted molar refractivity (Wildman–Crippen MR) is 80.2 cm³/mol. The van der Waals surface area contributed by atoms with E-state index in [4.69, 9.17) is 0 Å². The molecule has 1 N–H and O–H groups in total. The van der Waals surface area contributed by atoms with Crippen LogP contribution in [0, 0.1) is 5.41 Å². The third-order valence-electron chi connectivity index (χ3n) is 4.44. The number of hydrogen-bond acceptors (Lipinski definition) is 4. The molecule has 120 valence electrons. The normalized spacial score (nSPS) is 26.3. The Morgan fingerprint density at radius 2 is 2.27 bits per heavy atom. The average molecular weight is 324 g/mol. The molecule has 0 unspecified atom stereocenters. The number of sulfonamides is 1. The van der Waals surface area contributed by atoms with Gasteiger partial charge in [0.25, 0.3) is 0 Å². The Bertz CT molecular complexity index is 709. The van der Waals surface area contributed by atoms with E-state index in [1.54, 1.807) is 10.9 Å². The molecule has 1 fully saturated rings. The number of rotatable bonds is 3. The lowest BCUT2D eigenvalue weighted by molar-refractivity contribution is -0.132. The predicted octanol–water partition coefficient (Wildman–Crippen LogP) is 0.707. The van der Waals surface area contributed by atoms with Crippen LogP contribution in [0.5, 0.6) is 0 Å². The first-order valence-corrected chi connectivity index (χ1v) is 8.90. The van der Waals surface area contributed by atoms with Crippen LogP contribution in [-0.2, 0) is 21.4 Å². The SMILES string of the molecule is CCn1cc(S(=O)(=O)N2CCC[C@]3(CC=CNC3=O)C2)cn1. The second kappa shape index (κ2) is 5.51. The highest BCUT2D eigenvalue weighted by Crippen LogP contribution is 2.37. The van der Waals surface area contributed by atoms with Crippen LogP contribution in [0.15, 0.2) is 29.6 Å². The zero-order valence-electron chi connectivity index (χ0n) is 12.5. The summed E-state index contributed by atoms with van der Waals surface area (Å²) in [6, 6.07) is 0. The van der Waals surface area contributed by atoms with E-state index in [0.29, 0.717) is 32.4 Å². The lowest BCUT2D eigenvalue weighted by Crippen LogP contribution is -2.53. The number of piperidine rings is 1. The van der Waals surface area contributed by atoms with E-state index < -0.39 is 15.4 Å². The summed E-state index contributed by atoms with van der Waals surface area (Å²) in [5, 5.41) is 6.75. The Balaban J connectivity index is 1.88. The molecule has 8 heteroatoms. The van der Waals surface area contributed by atoms with Crippen LogP contribution in [0.25, 0.3) is 0 Å². The van der Waals surface area contributed by atoms with E-state index in [0.717, 1.165) is 0 Å². The molecule has 1 aromatic rings. The molecular formula is C14H20N4O3S. The summed E-state index contributed by atoms with van der Waals surface area (Å²) >= 11 is 0. The molecule has 2 aliphatic rings. The highest BCUT2D eigenvalue weighted by atomic mass is 32.2. The minimum absolute atomic E-state index is 0.0841. The summed E-state index contributed by atoms with van der Waals surface area (Å²) in [5.41, 5.74) is -0.638. The maximum Gasteiger partial charge on any atom is 0.246 e. The third-order valence-corrected chi connectivity index (χ3v) is 6.23. The molecule has 1 aromatic heterocycles. The van der Waals surface area contributed by atoms with Crippen molar-refractivity contribution in [3.8, 4) is 0 Å². The van der Waals surface area contributed by atoms with Crippen LogP contribution in [0.1, 0.15) is 26.2 Å². The Morgan fingerprint density at radius 3 is 2.95 bits per heavy atom. The van der Waals surface area contributed by atoms with Crippen molar-refractivity contribution in [2.75, 3.05) is 13.1 Å². The van der Waals surface area contributed by atoms with Crippen molar-refractivity contribution >= 4 is 15.9 Å².